The molecule has 0 radical (unpaired) electrons. The second-order valence-electron chi connectivity index (χ2n) is 7.54. The third-order valence-corrected chi connectivity index (χ3v) is 5.12. The molecule has 1 aliphatic heterocycles. The molecule has 5 nitrogen and oxygen atoms in total. The van der Waals surface area contributed by atoms with E-state index in [1.165, 1.54) is 0 Å². The number of fused-ring (bicyclic) bond motifs is 1. The lowest BCUT2D eigenvalue weighted by molar-refractivity contribution is -0.118. The summed E-state index contributed by atoms with van der Waals surface area (Å²) in [7, 11) is 0. The number of hydrogen-bond acceptors (Lipinski definition) is 5. The summed E-state index contributed by atoms with van der Waals surface area (Å²) in [6.45, 7) is 4.65. The number of nitrogens with zero attached hydrogens (tertiary/aromatic N) is 1. The van der Waals surface area contributed by atoms with Gasteiger partial charge in [0.05, 0.1) is 18.9 Å². The van der Waals surface area contributed by atoms with Gasteiger partial charge in [0.25, 0.3) is 0 Å². The van der Waals surface area contributed by atoms with Crippen molar-refractivity contribution in [3.63, 3.8) is 0 Å². The monoisotopic (exact) mass is 391 g/mol. The number of hydrogen-bond donors (Lipinski definition) is 0. The van der Waals surface area contributed by atoms with Crippen LogP contribution in [-0.4, -0.2) is 24.0 Å². The van der Waals surface area contributed by atoms with Crippen molar-refractivity contribution in [1.29, 1.82) is 0 Å². The highest BCUT2D eigenvalue weighted by atomic mass is 16.5. The number of carbonyl (C=O) groups excluding carboxylic acids is 1. The van der Waals surface area contributed by atoms with Crippen LogP contribution in [0.1, 0.15) is 30.4 Å². The van der Waals surface area contributed by atoms with Gasteiger partial charge in [0.1, 0.15) is 23.0 Å². The Balaban J connectivity index is 1.35. The number of carbonyl (C=O) groups is 1. The van der Waals surface area contributed by atoms with Crippen molar-refractivity contribution in [3.8, 4) is 23.0 Å². The van der Waals surface area contributed by atoms with Gasteiger partial charge in [-0.25, -0.2) is 4.98 Å². The molecule has 0 fully saturated rings. The van der Waals surface area contributed by atoms with Crippen LogP contribution < -0.4 is 9.47 Å². The van der Waals surface area contributed by atoms with Crippen LogP contribution in [0.2, 0.25) is 0 Å². The molecule has 1 unspecified atom stereocenters. The van der Waals surface area contributed by atoms with Gasteiger partial charge >= 0.3 is 0 Å². The average molecular weight is 391 g/mol. The number of benzene rings is 2. The Hall–Kier alpha value is -3.08. The van der Waals surface area contributed by atoms with Gasteiger partial charge in [0.15, 0.2) is 0 Å². The summed E-state index contributed by atoms with van der Waals surface area (Å²) < 4.78 is 17.6. The van der Waals surface area contributed by atoms with Crippen molar-refractivity contribution in [2.75, 3.05) is 13.2 Å². The summed E-state index contributed by atoms with van der Waals surface area (Å²) in [5.74, 6) is 3.56. The lowest BCUT2D eigenvalue weighted by atomic mass is 9.93. The second kappa shape index (κ2) is 8.52. The van der Waals surface area contributed by atoms with E-state index in [2.05, 4.69) is 4.98 Å². The third-order valence-electron chi connectivity index (χ3n) is 5.12. The maximum absolute atomic E-state index is 11.3. The van der Waals surface area contributed by atoms with E-state index in [9.17, 15) is 4.79 Å². The highest BCUT2D eigenvalue weighted by Crippen LogP contribution is 2.32. The number of oxazole rings is 1. The van der Waals surface area contributed by atoms with Crippen molar-refractivity contribution >= 4 is 5.78 Å². The quantitative estimate of drug-likeness (QED) is 0.579. The number of ketones is 1. The van der Waals surface area contributed by atoms with Crippen LogP contribution >= 0.6 is 0 Å². The maximum Gasteiger partial charge on any atom is 0.226 e. The van der Waals surface area contributed by atoms with Crippen molar-refractivity contribution < 1.29 is 18.7 Å². The van der Waals surface area contributed by atoms with E-state index in [1.807, 2.05) is 55.5 Å². The minimum atomic E-state index is 0.209. The Labute approximate surface area is 170 Å². The van der Waals surface area contributed by atoms with Crippen LogP contribution in [0.5, 0.6) is 11.5 Å². The van der Waals surface area contributed by atoms with Crippen LogP contribution in [-0.2, 0) is 17.6 Å². The molecule has 0 amide bonds. The van der Waals surface area contributed by atoms with Gasteiger partial charge < -0.3 is 18.7 Å². The summed E-state index contributed by atoms with van der Waals surface area (Å²) >= 11 is 0. The third kappa shape index (κ3) is 4.67. The van der Waals surface area contributed by atoms with E-state index < -0.39 is 0 Å². The Morgan fingerprint density at radius 1 is 1.21 bits per heavy atom. The predicted molar refractivity (Wildman–Crippen MR) is 110 cm³/mol. The Kier molecular flexibility index (Phi) is 5.65. The summed E-state index contributed by atoms with van der Waals surface area (Å²) in [4.78, 5) is 15.9. The zero-order chi connectivity index (χ0) is 20.2. The standard InChI is InChI=1S/C24H25NO4/c1-16(26)12-18-13-20-8-9-21(14-23(20)28-15-18)27-11-10-22-17(2)29-24(25-22)19-6-4-3-5-7-19/h3-9,14,18H,10-13,15H2,1-2H3. The fraction of sp³-hybridized carbons (Fsp3) is 0.333. The smallest absolute Gasteiger partial charge is 0.226 e. The molecule has 1 aliphatic rings. The fourth-order valence-corrected chi connectivity index (χ4v) is 3.67. The van der Waals surface area contributed by atoms with Crippen LogP contribution in [0, 0.1) is 12.8 Å². The molecule has 4 rings (SSSR count). The lowest BCUT2D eigenvalue weighted by Crippen LogP contribution is -2.22. The number of Topliss-reactive ketones (excluding diaryl/α,β-unsaturated/α-hetero) is 1. The molecule has 0 saturated carbocycles. The summed E-state index contributed by atoms with van der Waals surface area (Å²) in [5, 5.41) is 0. The van der Waals surface area contributed by atoms with Crippen molar-refractivity contribution in [2.45, 2.75) is 33.1 Å². The summed E-state index contributed by atoms with van der Waals surface area (Å²) in [6, 6.07) is 15.8. The van der Waals surface area contributed by atoms with Crippen LogP contribution in [0.3, 0.4) is 0 Å². The molecule has 2 heterocycles. The molecule has 0 N–H and O–H groups in total. The van der Waals surface area contributed by atoms with E-state index >= 15 is 0 Å². The maximum atomic E-state index is 11.3. The predicted octanol–water partition coefficient (Wildman–Crippen LogP) is 4.80. The summed E-state index contributed by atoms with van der Waals surface area (Å²) in [6.07, 6.45) is 2.11. The van der Waals surface area contributed by atoms with E-state index in [0.29, 0.717) is 31.9 Å². The SMILES string of the molecule is CC(=O)CC1COc2cc(OCCc3nc(-c4ccccc4)oc3C)ccc2C1. The number of aryl methyl sites for hydroxylation is 1. The highest BCUT2D eigenvalue weighted by molar-refractivity contribution is 5.75. The van der Waals surface area contributed by atoms with Crippen molar-refractivity contribution in [3.05, 3.63) is 65.5 Å². The normalized spacial score (nSPS) is 15.4. The van der Waals surface area contributed by atoms with Crippen molar-refractivity contribution in [2.24, 2.45) is 5.92 Å². The largest absolute Gasteiger partial charge is 0.493 e. The lowest BCUT2D eigenvalue weighted by Gasteiger charge is -2.25. The van der Waals surface area contributed by atoms with E-state index in [4.69, 9.17) is 13.9 Å². The van der Waals surface area contributed by atoms with Gasteiger partial charge in [-0.1, -0.05) is 24.3 Å². The fourth-order valence-electron chi connectivity index (χ4n) is 3.67. The minimum Gasteiger partial charge on any atom is -0.493 e. The first-order chi connectivity index (χ1) is 14.1. The molecular weight excluding hydrogens is 366 g/mol. The van der Waals surface area contributed by atoms with Gasteiger partial charge in [0, 0.05) is 30.4 Å². The van der Waals surface area contributed by atoms with Crippen LogP contribution in [0.4, 0.5) is 0 Å². The van der Waals surface area contributed by atoms with Crippen LogP contribution in [0.15, 0.2) is 52.9 Å². The number of ether oxygens (including phenoxy) is 2. The molecular formula is C24H25NO4. The summed E-state index contributed by atoms with van der Waals surface area (Å²) in [5.41, 5.74) is 3.01. The zero-order valence-electron chi connectivity index (χ0n) is 16.8. The molecule has 1 aromatic heterocycles. The molecule has 1 atom stereocenters. The van der Waals surface area contributed by atoms with Gasteiger partial charge in [-0.15, -0.1) is 0 Å². The van der Waals surface area contributed by atoms with Gasteiger partial charge in [-0.05, 0) is 44.0 Å². The first-order valence-electron chi connectivity index (χ1n) is 9.98. The Morgan fingerprint density at radius 2 is 2.03 bits per heavy atom. The second-order valence-corrected chi connectivity index (χ2v) is 7.54. The molecule has 0 aliphatic carbocycles. The van der Waals surface area contributed by atoms with Crippen molar-refractivity contribution in [1.82, 2.24) is 4.98 Å². The molecule has 0 saturated heterocycles. The molecule has 3 aromatic rings. The van der Waals surface area contributed by atoms with E-state index in [-0.39, 0.29) is 11.7 Å². The molecule has 2 aromatic carbocycles. The van der Waals surface area contributed by atoms with E-state index in [1.54, 1.807) is 6.92 Å². The Morgan fingerprint density at radius 3 is 2.83 bits per heavy atom. The molecule has 0 spiro atoms. The minimum absolute atomic E-state index is 0.209. The number of rotatable bonds is 7. The van der Waals surface area contributed by atoms with Gasteiger partial charge in [-0.2, -0.15) is 0 Å². The van der Waals surface area contributed by atoms with Gasteiger partial charge in [-0.3, -0.25) is 0 Å². The highest BCUT2D eigenvalue weighted by Gasteiger charge is 2.21. The molecule has 5 heteroatoms. The molecule has 150 valence electrons. The van der Waals surface area contributed by atoms with Crippen LogP contribution in [0.25, 0.3) is 11.5 Å². The first-order valence-corrected chi connectivity index (χ1v) is 9.98. The topological polar surface area (TPSA) is 61.6 Å². The average Bonchev–Trinajstić information content (AvgIpc) is 3.09. The van der Waals surface area contributed by atoms with E-state index in [0.717, 1.165) is 40.5 Å². The number of aromatic nitrogens is 1. The molecule has 29 heavy (non-hydrogen) atoms. The molecule has 0 bridgehead atoms. The first kappa shape index (κ1) is 19.2. The zero-order valence-corrected chi connectivity index (χ0v) is 16.8. The van der Waals surface area contributed by atoms with Gasteiger partial charge in [0.2, 0.25) is 5.89 Å². The Bertz CT molecular complexity index is 993.